The van der Waals surface area contributed by atoms with Gasteiger partial charge >= 0.3 is 0 Å². The number of benzene rings is 2. The average Bonchev–Trinajstić information content (AvgIpc) is 2.41. The van der Waals surface area contributed by atoms with Crippen molar-refractivity contribution in [1.29, 1.82) is 0 Å². The van der Waals surface area contributed by atoms with E-state index >= 15 is 0 Å². The van der Waals surface area contributed by atoms with Crippen molar-refractivity contribution < 1.29 is 15.1 Å². The summed E-state index contributed by atoms with van der Waals surface area (Å²) >= 11 is 3.11. The normalized spacial score (nSPS) is 10.8. The molecule has 0 aliphatic carbocycles. The van der Waals surface area contributed by atoms with Crippen LogP contribution in [0.4, 0.5) is 11.4 Å². The van der Waals surface area contributed by atoms with Crippen molar-refractivity contribution >= 4 is 33.5 Å². The Morgan fingerprint density at radius 2 is 1.90 bits per heavy atom. The largest absolute Gasteiger partial charge is 0.867 e. The van der Waals surface area contributed by atoms with Crippen molar-refractivity contribution in [3.05, 3.63) is 56.5 Å². The van der Waals surface area contributed by atoms with Gasteiger partial charge in [-0.25, -0.2) is 0 Å². The number of aliphatic imine (C=N–C) groups is 1. The number of phenols is 1. The minimum atomic E-state index is -0.731. The lowest BCUT2D eigenvalue weighted by molar-refractivity contribution is -0.398. The summed E-state index contributed by atoms with van der Waals surface area (Å²) in [6.07, 6.45) is 1.26. The quantitative estimate of drug-likeness (QED) is 0.529. The molecule has 0 aliphatic heterocycles. The van der Waals surface area contributed by atoms with Crippen molar-refractivity contribution in [1.82, 2.24) is 0 Å². The topological polar surface area (TPSA) is 98.8 Å². The Morgan fingerprint density at radius 1 is 1.25 bits per heavy atom. The van der Waals surface area contributed by atoms with Crippen LogP contribution in [-0.4, -0.2) is 16.2 Å². The molecule has 102 valence electrons. The zero-order chi connectivity index (χ0) is 14.7. The maximum absolute atomic E-state index is 11.8. The number of aromatic hydroxyl groups is 1. The maximum atomic E-state index is 11.8. The van der Waals surface area contributed by atoms with Gasteiger partial charge < -0.3 is 10.2 Å². The molecule has 7 heteroatoms. The first-order valence-electron chi connectivity index (χ1n) is 5.45. The third kappa shape index (κ3) is 3.12. The highest BCUT2D eigenvalue weighted by Crippen LogP contribution is 2.30. The second-order valence-corrected chi connectivity index (χ2v) is 4.79. The van der Waals surface area contributed by atoms with Crippen molar-refractivity contribution in [3.8, 4) is 11.5 Å². The second-order valence-electron chi connectivity index (χ2n) is 3.87. The van der Waals surface area contributed by atoms with E-state index in [4.69, 9.17) is 5.11 Å². The van der Waals surface area contributed by atoms with Gasteiger partial charge in [-0.15, -0.1) is 0 Å². The fraction of sp³-hybridized carbons (Fsp3) is 0. The molecule has 2 rings (SSSR count). The molecular weight excluding hydrogens is 328 g/mol. The standard InChI is InChI=1S/C13H9BrN2O4/c14-9-5-8(13(18)12(6-9)16(19)20)7-15-10-1-3-11(17)4-2-10/h1-7,17-18H/p-1. The Labute approximate surface area is 122 Å². The molecule has 0 radical (unpaired) electrons. The predicted molar refractivity (Wildman–Crippen MR) is 75.6 cm³/mol. The van der Waals surface area contributed by atoms with Gasteiger partial charge in [0.25, 0.3) is 5.69 Å². The van der Waals surface area contributed by atoms with Gasteiger partial charge in [0.15, 0.2) is 0 Å². The third-order valence-corrected chi connectivity index (χ3v) is 2.92. The smallest absolute Gasteiger partial charge is 0.263 e. The number of phenolic OH excluding ortho intramolecular Hbond substituents is 1. The highest BCUT2D eigenvalue weighted by molar-refractivity contribution is 9.10. The molecule has 0 bridgehead atoms. The molecule has 6 nitrogen and oxygen atoms in total. The number of hydrogen-bond donors (Lipinski definition) is 1. The van der Waals surface area contributed by atoms with Gasteiger partial charge in [-0.3, -0.25) is 15.1 Å². The maximum Gasteiger partial charge on any atom is 0.263 e. The van der Waals surface area contributed by atoms with Gasteiger partial charge in [-0.05, 0) is 41.6 Å². The molecule has 2 aromatic rings. The molecule has 1 N–H and O–H groups in total. The van der Waals surface area contributed by atoms with Crippen LogP contribution >= 0.6 is 15.9 Å². The Kier molecular flexibility index (Phi) is 3.99. The first-order chi connectivity index (χ1) is 9.47. The minimum absolute atomic E-state index is 0.103. The van der Waals surface area contributed by atoms with Gasteiger partial charge in [0, 0.05) is 16.8 Å². The highest BCUT2D eigenvalue weighted by Gasteiger charge is 2.10. The Balaban J connectivity index is 2.38. The van der Waals surface area contributed by atoms with Gasteiger partial charge in [0.2, 0.25) is 0 Å². The number of nitro groups is 1. The van der Waals surface area contributed by atoms with E-state index in [1.54, 1.807) is 12.1 Å². The minimum Gasteiger partial charge on any atom is -0.867 e. The Hall–Kier alpha value is -2.41. The molecule has 0 spiro atoms. The van der Waals surface area contributed by atoms with E-state index in [1.807, 2.05) is 0 Å². The van der Waals surface area contributed by atoms with Crippen LogP contribution in [0.2, 0.25) is 0 Å². The summed E-state index contributed by atoms with van der Waals surface area (Å²) in [6, 6.07) is 8.63. The summed E-state index contributed by atoms with van der Waals surface area (Å²) in [5.74, 6) is -0.590. The van der Waals surface area contributed by atoms with E-state index in [-0.39, 0.29) is 11.3 Å². The van der Waals surface area contributed by atoms with Crippen LogP contribution in [0.5, 0.6) is 11.5 Å². The zero-order valence-corrected chi connectivity index (χ0v) is 11.6. The lowest BCUT2D eigenvalue weighted by Crippen LogP contribution is -2.02. The van der Waals surface area contributed by atoms with Gasteiger partial charge in [-0.2, -0.15) is 0 Å². The van der Waals surface area contributed by atoms with Crippen LogP contribution in [-0.2, 0) is 0 Å². The summed E-state index contributed by atoms with van der Waals surface area (Å²) < 4.78 is 0.427. The lowest BCUT2D eigenvalue weighted by atomic mass is 10.2. The van der Waals surface area contributed by atoms with Crippen LogP contribution < -0.4 is 5.11 Å². The van der Waals surface area contributed by atoms with Crippen molar-refractivity contribution in [3.63, 3.8) is 0 Å². The zero-order valence-electron chi connectivity index (χ0n) is 9.99. The first-order valence-corrected chi connectivity index (χ1v) is 6.25. The fourth-order valence-electron chi connectivity index (χ4n) is 1.51. The van der Waals surface area contributed by atoms with Gasteiger partial charge in [0.1, 0.15) is 5.75 Å². The molecule has 2 aromatic carbocycles. The number of nitrogens with zero attached hydrogens (tertiary/aromatic N) is 2. The summed E-state index contributed by atoms with van der Waals surface area (Å²) in [5.41, 5.74) is 0.121. The van der Waals surface area contributed by atoms with E-state index in [1.165, 1.54) is 24.4 Å². The Bertz CT molecular complexity index is 684. The van der Waals surface area contributed by atoms with E-state index in [9.17, 15) is 15.2 Å². The molecule has 0 aromatic heterocycles. The van der Waals surface area contributed by atoms with Gasteiger partial charge in [-0.1, -0.05) is 15.9 Å². The molecule has 0 heterocycles. The van der Waals surface area contributed by atoms with Crippen molar-refractivity contribution in [2.24, 2.45) is 4.99 Å². The molecule has 20 heavy (non-hydrogen) atoms. The summed E-state index contributed by atoms with van der Waals surface area (Å²) in [6.45, 7) is 0. The molecule has 0 saturated heterocycles. The molecule has 0 saturated carbocycles. The monoisotopic (exact) mass is 335 g/mol. The third-order valence-electron chi connectivity index (χ3n) is 2.46. The molecule has 0 fully saturated rings. The van der Waals surface area contributed by atoms with Crippen LogP contribution in [0, 0.1) is 10.1 Å². The number of nitro benzene ring substituents is 1. The molecule has 0 aliphatic rings. The molecule has 0 amide bonds. The molecule has 0 unspecified atom stereocenters. The van der Waals surface area contributed by atoms with Crippen LogP contribution in [0.25, 0.3) is 0 Å². The molecular formula is C13H8BrN2O4-. The van der Waals surface area contributed by atoms with E-state index in [0.717, 1.165) is 6.07 Å². The van der Waals surface area contributed by atoms with Crippen molar-refractivity contribution in [2.75, 3.05) is 0 Å². The van der Waals surface area contributed by atoms with Gasteiger partial charge in [0.05, 0.1) is 10.6 Å². The number of rotatable bonds is 3. The fourth-order valence-corrected chi connectivity index (χ4v) is 1.98. The van der Waals surface area contributed by atoms with Crippen LogP contribution in [0.3, 0.4) is 0 Å². The lowest BCUT2D eigenvalue weighted by Gasteiger charge is -2.10. The Morgan fingerprint density at radius 3 is 2.50 bits per heavy atom. The van der Waals surface area contributed by atoms with E-state index in [2.05, 4.69) is 20.9 Å². The van der Waals surface area contributed by atoms with E-state index in [0.29, 0.717) is 10.2 Å². The summed E-state index contributed by atoms with van der Waals surface area (Å²) in [7, 11) is 0. The first kappa shape index (κ1) is 14.0. The van der Waals surface area contributed by atoms with Crippen LogP contribution in [0.1, 0.15) is 5.56 Å². The van der Waals surface area contributed by atoms with Crippen molar-refractivity contribution in [2.45, 2.75) is 0 Å². The van der Waals surface area contributed by atoms with Crippen LogP contribution in [0.15, 0.2) is 45.9 Å². The second kappa shape index (κ2) is 5.70. The van der Waals surface area contributed by atoms with E-state index < -0.39 is 16.4 Å². The highest BCUT2D eigenvalue weighted by atomic mass is 79.9. The summed E-state index contributed by atoms with van der Waals surface area (Å²) in [4.78, 5) is 14.1. The number of halogens is 1. The SMILES string of the molecule is O=[N+]([O-])c1cc(Br)cc(C=Nc2ccc(O)cc2)c1[O-]. The summed E-state index contributed by atoms with van der Waals surface area (Å²) in [5, 5.41) is 31.7. The number of hydrogen-bond acceptors (Lipinski definition) is 5. The molecule has 0 atom stereocenters. The predicted octanol–water partition coefficient (Wildman–Crippen LogP) is 2.89. The average molecular weight is 336 g/mol.